The number of nitrogens with zero attached hydrogens (tertiary/aromatic N) is 2. The van der Waals surface area contributed by atoms with Crippen LogP contribution in [0.1, 0.15) is 23.2 Å². The summed E-state index contributed by atoms with van der Waals surface area (Å²) in [5, 5.41) is 32.7. The van der Waals surface area contributed by atoms with Crippen molar-refractivity contribution < 1.29 is 29.4 Å². The molecule has 0 radical (unpaired) electrons. The zero-order valence-corrected chi connectivity index (χ0v) is 21.6. The maximum absolute atomic E-state index is 12.3. The van der Waals surface area contributed by atoms with Gasteiger partial charge in [-0.15, -0.1) is 0 Å². The van der Waals surface area contributed by atoms with E-state index in [2.05, 4.69) is 36.6 Å². The molecule has 1 aromatic carbocycles. The smallest absolute Gasteiger partial charge is 0.326 e. The van der Waals surface area contributed by atoms with Crippen LogP contribution in [0.3, 0.4) is 0 Å². The number of carboxylic acid groups (broad SMARTS) is 2. The number of H-pyrrole nitrogens is 1. The molecule has 4 rings (SSSR count). The Kier molecular flexibility index (Phi) is 10.8. The van der Waals surface area contributed by atoms with Gasteiger partial charge in [-0.1, -0.05) is 0 Å². The van der Waals surface area contributed by atoms with E-state index in [1.165, 1.54) is 17.0 Å². The standard InChI is InChI=1S/C20H23N7O7.C4H10N2/c21-20-25-16-15(18(32)26-20)27(9-28)12(8-23-16)7-22-11-3-1-10(2-4-11)17(31)24-13(19(33)34)5-6-14(29)30;1-2-6-4-3-5-1/h1-4,9,12-13,22H,5-8H2,(H,24,31)(H,29,30)(H,33,34)(H4,21,23,25,26,32);5-6H,1-4H2. The van der Waals surface area contributed by atoms with E-state index >= 15 is 0 Å². The number of carbonyl (C=O) groups excluding carboxylic acids is 2. The van der Waals surface area contributed by atoms with Gasteiger partial charge in [-0.25, -0.2) is 4.79 Å². The number of hydrogen-bond donors (Lipinski definition) is 9. The minimum atomic E-state index is -1.33. The summed E-state index contributed by atoms with van der Waals surface area (Å²) in [4.78, 5) is 65.7. The van der Waals surface area contributed by atoms with Crippen molar-refractivity contribution in [1.82, 2.24) is 25.9 Å². The SMILES string of the molecule is C1CNCCN1.Nc1nc2c(c(=O)[nH]1)N(C=O)C(CNc1ccc(C(=O)NC(CCC(=O)O)C(=O)O)cc1)CN2. The third-order valence-electron chi connectivity index (χ3n) is 6.08. The highest BCUT2D eigenvalue weighted by atomic mass is 16.4. The first kappa shape index (κ1) is 29.9. The van der Waals surface area contributed by atoms with Crippen LogP contribution in [0.4, 0.5) is 23.1 Å². The topological polar surface area (TPSA) is 244 Å². The molecule has 216 valence electrons. The lowest BCUT2D eigenvalue weighted by atomic mass is 10.1. The van der Waals surface area contributed by atoms with Crippen LogP contribution in [0.25, 0.3) is 0 Å². The molecule has 2 atom stereocenters. The first-order chi connectivity index (χ1) is 19.2. The molecule has 0 saturated carbocycles. The third kappa shape index (κ3) is 8.40. The molecule has 2 amide bonds. The van der Waals surface area contributed by atoms with Crippen LogP contribution >= 0.6 is 0 Å². The predicted octanol–water partition coefficient (Wildman–Crippen LogP) is -1.55. The Labute approximate surface area is 228 Å². The van der Waals surface area contributed by atoms with Gasteiger partial charge < -0.3 is 47.4 Å². The van der Waals surface area contributed by atoms with Gasteiger partial charge in [-0.3, -0.25) is 24.2 Å². The monoisotopic (exact) mass is 559 g/mol. The number of benzene rings is 1. The summed E-state index contributed by atoms with van der Waals surface area (Å²) >= 11 is 0. The number of hydrogen-bond acceptors (Lipinski definition) is 11. The van der Waals surface area contributed by atoms with Crippen molar-refractivity contribution in [2.75, 3.05) is 60.5 Å². The summed E-state index contributed by atoms with van der Waals surface area (Å²) in [6.07, 6.45) is -0.101. The molecule has 0 spiro atoms. The fraction of sp³-hybridized carbons (Fsp3) is 0.417. The fourth-order valence-corrected chi connectivity index (χ4v) is 4.00. The number of aliphatic carboxylic acids is 2. The largest absolute Gasteiger partial charge is 0.481 e. The molecule has 16 nitrogen and oxygen atoms in total. The number of carbonyl (C=O) groups is 4. The number of aromatic nitrogens is 2. The van der Waals surface area contributed by atoms with Crippen molar-refractivity contribution in [2.45, 2.75) is 24.9 Å². The van der Waals surface area contributed by atoms with Gasteiger partial charge in [0.2, 0.25) is 12.4 Å². The lowest BCUT2D eigenvalue weighted by molar-refractivity contribution is -0.140. The highest BCUT2D eigenvalue weighted by Gasteiger charge is 2.29. The van der Waals surface area contributed by atoms with Gasteiger partial charge in [-0.05, 0) is 30.7 Å². The van der Waals surface area contributed by atoms with Crippen LogP contribution in [0.15, 0.2) is 29.1 Å². The summed E-state index contributed by atoms with van der Waals surface area (Å²) in [6, 6.07) is 4.36. The number of nitrogen functional groups attached to an aromatic ring is 1. The van der Waals surface area contributed by atoms with Gasteiger partial charge in [0.25, 0.3) is 11.5 Å². The van der Waals surface area contributed by atoms with E-state index in [9.17, 15) is 29.1 Å². The summed E-state index contributed by atoms with van der Waals surface area (Å²) in [5.41, 5.74) is 5.84. The molecule has 1 fully saturated rings. The number of fused-ring (bicyclic) bond motifs is 1. The Morgan fingerprint density at radius 2 is 1.77 bits per heavy atom. The Morgan fingerprint density at radius 3 is 2.33 bits per heavy atom. The first-order valence-corrected chi connectivity index (χ1v) is 12.6. The summed E-state index contributed by atoms with van der Waals surface area (Å²) < 4.78 is 0. The van der Waals surface area contributed by atoms with Crippen molar-refractivity contribution in [3.05, 3.63) is 40.2 Å². The molecule has 1 aromatic heterocycles. The Hall–Kier alpha value is -4.70. The van der Waals surface area contributed by atoms with E-state index in [0.29, 0.717) is 18.6 Å². The van der Waals surface area contributed by atoms with E-state index in [-0.39, 0.29) is 36.0 Å². The van der Waals surface area contributed by atoms with E-state index in [0.717, 1.165) is 26.2 Å². The van der Waals surface area contributed by atoms with E-state index in [1.54, 1.807) is 12.1 Å². The summed E-state index contributed by atoms with van der Waals surface area (Å²) in [7, 11) is 0. The second kappa shape index (κ2) is 14.5. The van der Waals surface area contributed by atoms with Gasteiger partial charge in [0.15, 0.2) is 11.5 Å². The molecule has 16 heteroatoms. The quantitative estimate of drug-likeness (QED) is 0.150. The molecule has 2 aromatic rings. The molecule has 40 heavy (non-hydrogen) atoms. The fourth-order valence-electron chi connectivity index (χ4n) is 4.00. The average molecular weight is 560 g/mol. The second-order valence-corrected chi connectivity index (χ2v) is 8.95. The predicted molar refractivity (Wildman–Crippen MR) is 147 cm³/mol. The average Bonchev–Trinajstić information content (AvgIpc) is 2.94. The number of nitrogens with two attached hydrogens (primary N) is 1. The second-order valence-electron chi connectivity index (χ2n) is 8.95. The van der Waals surface area contributed by atoms with Crippen LogP contribution < -0.4 is 42.8 Å². The van der Waals surface area contributed by atoms with Crippen molar-refractivity contribution in [2.24, 2.45) is 0 Å². The number of carboxylic acids is 2. The van der Waals surface area contributed by atoms with Crippen molar-refractivity contribution in [1.29, 1.82) is 0 Å². The van der Waals surface area contributed by atoms with E-state index in [4.69, 9.17) is 10.8 Å². The molecule has 2 aliphatic rings. The van der Waals surface area contributed by atoms with Crippen LogP contribution in [-0.2, 0) is 14.4 Å². The number of aromatic amines is 1. The van der Waals surface area contributed by atoms with Gasteiger partial charge >= 0.3 is 11.9 Å². The van der Waals surface area contributed by atoms with Gasteiger partial charge in [0, 0.05) is 56.9 Å². The normalized spacial score (nSPS) is 16.7. The number of amides is 2. The zero-order chi connectivity index (χ0) is 29.1. The van der Waals surface area contributed by atoms with E-state index < -0.39 is 41.9 Å². The minimum Gasteiger partial charge on any atom is -0.481 e. The summed E-state index contributed by atoms with van der Waals surface area (Å²) in [5.74, 6) is -3.00. The van der Waals surface area contributed by atoms with Crippen molar-refractivity contribution in [3.63, 3.8) is 0 Å². The molecular weight excluding hydrogens is 526 g/mol. The Morgan fingerprint density at radius 1 is 1.12 bits per heavy atom. The maximum atomic E-state index is 12.3. The Bertz CT molecular complexity index is 1240. The molecule has 0 bridgehead atoms. The number of piperazine rings is 1. The lowest BCUT2D eigenvalue weighted by Crippen LogP contribution is -2.50. The van der Waals surface area contributed by atoms with Crippen molar-refractivity contribution >= 4 is 47.4 Å². The molecule has 10 N–H and O–H groups in total. The van der Waals surface area contributed by atoms with Crippen LogP contribution in [0.5, 0.6) is 0 Å². The van der Waals surface area contributed by atoms with Crippen LogP contribution in [0, 0.1) is 0 Å². The Balaban J connectivity index is 0.000000649. The van der Waals surface area contributed by atoms with Gasteiger partial charge in [-0.2, -0.15) is 4.98 Å². The summed E-state index contributed by atoms with van der Waals surface area (Å²) in [6.45, 7) is 5.12. The van der Waals surface area contributed by atoms with Gasteiger partial charge in [0.1, 0.15) is 6.04 Å². The van der Waals surface area contributed by atoms with Crippen LogP contribution in [0.2, 0.25) is 0 Å². The maximum Gasteiger partial charge on any atom is 0.326 e. The lowest BCUT2D eigenvalue weighted by Gasteiger charge is -2.34. The third-order valence-corrected chi connectivity index (χ3v) is 6.08. The number of anilines is 4. The molecule has 2 unspecified atom stereocenters. The highest BCUT2D eigenvalue weighted by molar-refractivity contribution is 5.97. The zero-order valence-electron chi connectivity index (χ0n) is 21.6. The molecule has 3 heterocycles. The minimum absolute atomic E-state index is 0.0603. The number of nitrogens with one attached hydrogen (secondary N) is 6. The van der Waals surface area contributed by atoms with Crippen LogP contribution in [-0.4, -0.2) is 95.8 Å². The molecule has 2 aliphatic heterocycles. The van der Waals surface area contributed by atoms with Crippen molar-refractivity contribution in [3.8, 4) is 0 Å². The molecular formula is C24H33N9O7. The first-order valence-electron chi connectivity index (χ1n) is 12.6. The van der Waals surface area contributed by atoms with Gasteiger partial charge in [0.05, 0.1) is 6.04 Å². The molecule has 0 aliphatic carbocycles. The number of rotatable bonds is 10. The van der Waals surface area contributed by atoms with E-state index in [1.807, 2.05) is 0 Å². The molecule has 1 saturated heterocycles. The highest BCUT2D eigenvalue weighted by Crippen LogP contribution is 2.25.